The lowest BCUT2D eigenvalue weighted by Crippen LogP contribution is -2.12. The van der Waals surface area contributed by atoms with Crippen molar-refractivity contribution in [2.24, 2.45) is 0 Å². The minimum absolute atomic E-state index is 0.142. The van der Waals surface area contributed by atoms with Crippen LogP contribution in [-0.2, 0) is 0 Å². The molecule has 3 rings (SSSR count). The molecule has 0 spiro atoms. The number of nitrogens with zero attached hydrogens (tertiary/aromatic N) is 2. The second kappa shape index (κ2) is 5.56. The predicted molar refractivity (Wildman–Crippen MR) is 88.1 cm³/mol. The van der Waals surface area contributed by atoms with E-state index in [1.165, 1.54) is 0 Å². The first-order valence-electron chi connectivity index (χ1n) is 7.16. The molecule has 1 amide bonds. The molecule has 0 saturated carbocycles. The maximum atomic E-state index is 12.4. The van der Waals surface area contributed by atoms with Gasteiger partial charge in [0.15, 0.2) is 0 Å². The molecule has 0 aliphatic heterocycles. The van der Waals surface area contributed by atoms with Gasteiger partial charge in [0.25, 0.3) is 5.91 Å². The van der Waals surface area contributed by atoms with Crippen molar-refractivity contribution in [3.63, 3.8) is 0 Å². The SMILES string of the molecule is Cc1ccccc1NC(=O)c1ccc2nc(C)c(C)nc2c1. The van der Waals surface area contributed by atoms with Gasteiger partial charge in [-0.15, -0.1) is 0 Å². The molecule has 1 N–H and O–H groups in total. The molecule has 4 nitrogen and oxygen atoms in total. The fraction of sp³-hybridized carbons (Fsp3) is 0.167. The topological polar surface area (TPSA) is 54.9 Å². The number of para-hydroxylation sites is 1. The van der Waals surface area contributed by atoms with Gasteiger partial charge in [0.1, 0.15) is 0 Å². The van der Waals surface area contributed by atoms with Crippen LogP contribution in [0.4, 0.5) is 5.69 Å². The van der Waals surface area contributed by atoms with Crippen LogP contribution in [0.2, 0.25) is 0 Å². The summed E-state index contributed by atoms with van der Waals surface area (Å²) in [6.45, 7) is 5.82. The van der Waals surface area contributed by atoms with E-state index in [2.05, 4.69) is 15.3 Å². The molecule has 0 bridgehead atoms. The van der Waals surface area contributed by atoms with E-state index in [0.29, 0.717) is 5.56 Å². The summed E-state index contributed by atoms with van der Waals surface area (Å²) in [5.74, 6) is -0.142. The number of anilines is 1. The van der Waals surface area contributed by atoms with E-state index in [1.54, 1.807) is 12.1 Å². The number of nitrogens with one attached hydrogen (secondary N) is 1. The monoisotopic (exact) mass is 291 g/mol. The third-order valence-corrected chi connectivity index (χ3v) is 3.73. The number of aryl methyl sites for hydroxylation is 3. The Morgan fingerprint density at radius 2 is 1.59 bits per heavy atom. The van der Waals surface area contributed by atoms with E-state index in [0.717, 1.165) is 33.7 Å². The van der Waals surface area contributed by atoms with Crippen LogP contribution in [0.25, 0.3) is 11.0 Å². The first kappa shape index (κ1) is 14.2. The van der Waals surface area contributed by atoms with E-state index >= 15 is 0 Å². The summed E-state index contributed by atoms with van der Waals surface area (Å²) in [5.41, 5.74) is 5.75. The fourth-order valence-electron chi connectivity index (χ4n) is 2.28. The molecule has 1 aromatic heterocycles. The first-order valence-corrected chi connectivity index (χ1v) is 7.16. The Balaban J connectivity index is 1.94. The van der Waals surface area contributed by atoms with Crippen LogP contribution in [0.3, 0.4) is 0 Å². The molecule has 1 heterocycles. The maximum Gasteiger partial charge on any atom is 0.255 e. The molecular formula is C18H17N3O. The Bertz CT molecular complexity index is 871. The summed E-state index contributed by atoms with van der Waals surface area (Å²) < 4.78 is 0. The molecule has 3 aromatic rings. The minimum atomic E-state index is -0.142. The van der Waals surface area contributed by atoms with Crippen LogP contribution < -0.4 is 5.32 Å². The van der Waals surface area contributed by atoms with Crippen LogP contribution in [0.15, 0.2) is 42.5 Å². The van der Waals surface area contributed by atoms with Crippen LogP contribution >= 0.6 is 0 Å². The molecule has 0 unspecified atom stereocenters. The number of amides is 1. The summed E-state index contributed by atoms with van der Waals surface area (Å²) >= 11 is 0. The second-order valence-corrected chi connectivity index (χ2v) is 5.37. The lowest BCUT2D eigenvalue weighted by Gasteiger charge is -2.09. The average molecular weight is 291 g/mol. The molecule has 0 radical (unpaired) electrons. The van der Waals surface area contributed by atoms with Crippen LogP contribution in [0, 0.1) is 20.8 Å². The van der Waals surface area contributed by atoms with Gasteiger partial charge in [0.2, 0.25) is 0 Å². The summed E-state index contributed by atoms with van der Waals surface area (Å²) in [6, 6.07) is 13.1. The normalized spacial score (nSPS) is 10.7. The van der Waals surface area contributed by atoms with Crippen molar-refractivity contribution >= 4 is 22.6 Å². The zero-order chi connectivity index (χ0) is 15.7. The van der Waals surface area contributed by atoms with Gasteiger partial charge in [-0.2, -0.15) is 0 Å². The molecule has 2 aromatic carbocycles. The average Bonchev–Trinajstić information content (AvgIpc) is 2.50. The summed E-state index contributed by atoms with van der Waals surface area (Å²) in [7, 11) is 0. The smallest absolute Gasteiger partial charge is 0.255 e. The quantitative estimate of drug-likeness (QED) is 0.781. The van der Waals surface area contributed by atoms with Gasteiger partial charge in [-0.25, -0.2) is 9.97 Å². The van der Waals surface area contributed by atoms with Crippen LogP contribution in [-0.4, -0.2) is 15.9 Å². The number of carbonyl (C=O) groups excluding carboxylic acids is 1. The van der Waals surface area contributed by atoms with Crippen molar-refractivity contribution < 1.29 is 4.79 Å². The number of fused-ring (bicyclic) bond motifs is 1. The highest BCUT2D eigenvalue weighted by Gasteiger charge is 2.10. The highest BCUT2D eigenvalue weighted by molar-refractivity contribution is 6.06. The highest BCUT2D eigenvalue weighted by atomic mass is 16.1. The molecule has 22 heavy (non-hydrogen) atoms. The predicted octanol–water partition coefficient (Wildman–Crippen LogP) is 3.81. The van der Waals surface area contributed by atoms with Crippen molar-refractivity contribution in [3.05, 3.63) is 65.0 Å². The van der Waals surface area contributed by atoms with E-state index in [9.17, 15) is 4.79 Å². The summed E-state index contributed by atoms with van der Waals surface area (Å²) in [4.78, 5) is 21.4. The lowest BCUT2D eigenvalue weighted by molar-refractivity contribution is 0.102. The van der Waals surface area contributed by atoms with E-state index in [4.69, 9.17) is 0 Å². The van der Waals surface area contributed by atoms with Crippen molar-refractivity contribution in [3.8, 4) is 0 Å². The first-order chi connectivity index (χ1) is 10.5. The standard InChI is InChI=1S/C18H17N3O/c1-11-6-4-5-7-15(11)21-18(22)14-8-9-16-17(10-14)20-13(3)12(2)19-16/h4-10H,1-3H3,(H,21,22). The van der Waals surface area contributed by atoms with Gasteiger partial charge in [-0.05, 0) is 50.6 Å². The highest BCUT2D eigenvalue weighted by Crippen LogP contribution is 2.17. The molecule has 0 aliphatic rings. The van der Waals surface area contributed by atoms with Crippen molar-refractivity contribution in [1.82, 2.24) is 9.97 Å². The van der Waals surface area contributed by atoms with E-state index in [-0.39, 0.29) is 5.91 Å². The summed E-state index contributed by atoms with van der Waals surface area (Å²) in [6.07, 6.45) is 0. The van der Waals surface area contributed by atoms with Gasteiger partial charge in [-0.3, -0.25) is 4.79 Å². The van der Waals surface area contributed by atoms with Gasteiger partial charge in [0.05, 0.1) is 22.4 Å². The largest absolute Gasteiger partial charge is 0.322 e. The molecule has 4 heteroatoms. The van der Waals surface area contributed by atoms with Gasteiger partial charge < -0.3 is 5.32 Å². The number of carbonyl (C=O) groups is 1. The second-order valence-electron chi connectivity index (χ2n) is 5.37. The third-order valence-electron chi connectivity index (χ3n) is 3.73. The molecule has 0 aliphatic carbocycles. The van der Waals surface area contributed by atoms with Gasteiger partial charge in [-0.1, -0.05) is 18.2 Å². The Morgan fingerprint density at radius 3 is 2.32 bits per heavy atom. The minimum Gasteiger partial charge on any atom is -0.322 e. The molecule has 0 atom stereocenters. The Kier molecular flexibility index (Phi) is 3.59. The number of hydrogen-bond donors (Lipinski definition) is 1. The zero-order valence-corrected chi connectivity index (χ0v) is 12.8. The Labute approximate surface area is 129 Å². The Morgan fingerprint density at radius 1 is 0.909 bits per heavy atom. The summed E-state index contributed by atoms with van der Waals surface area (Å²) in [5, 5.41) is 2.93. The lowest BCUT2D eigenvalue weighted by atomic mass is 10.1. The third kappa shape index (κ3) is 2.68. The van der Waals surface area contributed by atoms with E-state index < -0.39 is 0 Å². The van der Waals surface area contributed by atoms with E-state index in [1.807, 2.05) is 51.1 Å². The van der Waals surface area contributed by atoms with Crippen LogP contribution in [0.1, 0.15) is 27.3 Å². The zero-order valence-electron chi connectivity index (χ0n) is 12.8. The Hall–Kier alpha value is -2.75. The molecule has 0 fully saturated rings. The molecule has 110 valence electrons. The fourth-order valence-corrected chi connectivity index (χ4v) is 2.28. The van der Waals surface area contributed by atoms with Crippen molar-refractivity contribution in [1.29, 1.82) is 0 Å². The molecular weight excluding hydrogens is 274 g/mol. The number of rotatable bonds is 2. The van der Waals surface area contributed by atoms with Gasteiger partial charge in [0, 0.05) is 11.3 Å². The number of benzene rings is 2. The number of hydrogen-bond acceptors (Lipinski definition) is 3. The van der Waals surface area contributed by atoms with Crippen LogP contribution in [0.5, 0.6) is 0 Å². The number of aromatic nitrogens is 2. The van der Waals surface area contributed by atoms with Crippen molar-refractivity contribution in [2.75, 3.05) is 5.32 Å². The van der Waals surface area contributed by atoms with Crippen molar-refractivity contribution in [2.45, 2.75) is 20.8 Å². The maximum absolute atomic E-state index is 12.4. The molecule has 0 saturated heterocycles. The van der Waals surface area contributed by atoms with Gasteiger partial charge >= 0.3 is 0 Å².